The lowest BCUT2D eigenvalue weighted by Gasteiger charge is -2.31. The Kier molecular flexibility index (Phi) is 9.88. The van der Waals surface area contributed by atoms with Gasteiger partial charge in [0.25, 0.3) is 5.56 Å². The van der Waals surface area contributed by atoms with E-state index < -0.39 is 23.6 Å². The first-order valence-electron chi connectivity index (χ1n) is 17.6. The summed E-state index contributed by atoms with van der Waals surface area (Å²) >= 11 is 5.59. The maximum Gasteiger partial charge on any atom is 0.343 e. The van der Waals surface area contributed by atoms with Crippen LogP contribution < -0.4 is 26.8 Å². The average molecular weight is 747 g/mol. The van der Waals surface area contributed by atoms with Gasteiger partial charge in [0.05, 0.1) is 29.0 Å². The van der Waals surface area contributed by atoms with Gasteiger partial charge in [-0.05, 0) is 78.1 Å². The monoisotopic (exact) mass is 746 g/mol. The minimum absolute atomic E-state index is 0.0490. The fraction of sp³-hybridized carbons (Fsp3) is 0.250. The van der Waals surface area contributed by atoms with Crippen molar-refractivity contribution in [3.8, 4) is 22.5 Å². The number of esters is 1. The Morgan fingerprint density at radius 3 is 2.52 bits per heavy atom. The molecule has 0 saturated heterocycles. The van der Waals surface area contributed by atoms with E-state index in [4.69, 9.17) is 21.9 Å². The molecule has 5 aromatic rings. The molecular formula is C40H38N6O7S. The number of cyclic esters (lactones) is 1. The van der Waals surface area contributed by atoms with Crippen molar-refractivity contribution >= 4 is 57.6 Å². The van der Waals surface area contributed by atoms with Crippen LogP contribution in [0.2, 0.25) is 0 Å². The number of rotatable bonds is 10. The number of hydrogen-bond acceptors (Lipinski definition) is 8. The molecule has 0 radical (unpaired) electrons. The number of hydrogen-bond donors (Lipinski definition) is 6. The molecule has 2 aliphatic heterocycles. The maximum absolute atomic E-state index is 13.6. The van der Waals surface area contributed by atoms with Crippen LogP contribution in [0.25, 0.3) is 33.4 Å². The van der Waals surface area contributed by atoms with E-state index in [0.29, 0.717) is 40.2 Å². The van der Waals surface area contributed by atoms with E-state index in [9.17, 15) is 29.4 Å². The number of ether oxygens (including phenoxy) is 1. The number of thiocarbonyl (C=S) groups is 1. The lowest BCUT2D eigenvalue weighted by molar-refractivity contribution is -0.172. The molecule has 276 valence electrons. The first-order valence-corrected chi connectivity index (χ1v) is 18.0. The van der Waals surface area contributed by atoms with Crippen LogP contribution in [0.15, 0.2) is 83.7 Å². The fourth-order valence-corrected chi connectivity index (χ4v) is 7.14. The molecule has 6 N–H and O–H groups in total. The summed E-state index contributed by atoms with van der Waals surface area (Å²) in [5.74, 6) is -1.86. The van der Waals surface area contributed by atoms with Crippen molar-refractivity contribution in [2.75, 3.05) is 17.2 Å². The zero-order valence-electron chi connectivity index (χ0n) is 29.6. The van der Waals surface area contributed by atoms with E-state index in [1.807, 2.05) is 67.6 Å². The highest BCUT2D eigenvalue weighted by atomic mass is 32.1. The van der Waals surface area contributed by atoms with Crippen molar-refractivity contribution < 1.29 is 29.3 Å². The molecule has 0 saturated carbocycles. The van der Waals surface area contributed by atoms with Crippen molar-refractivity contribution in [2.24, 2.45) is 0 Å². The summed E-state index contributed by atoms with van der Waals surface area (Å²) in [5.41, 5.74) is 4.48. The Labute approximate surface area is 315 Å². The number of carbonyl (C=O) groups excluding carboxylic acids is 2. The highest BCUT2D eigenvalue weighted by Gasteiger charge is 2.45. The summed E-state index contributed by atoms with van der Waals surface area (Å²) in [5, 5.41) is 33.8. The third-order valence-electron chi connectivity index (χ3n) is 9.79. The lowest BCUT2D eigenvalue weighted by atomic mass is 9.86. The van der Waals surface area contributed by atoms with E-state index in [2.05, 4.69) is 21.3 Å². The van der Waals surface area contributed by atoms with Gasteiger partial charge in [-0.2, -0.15) is 0 Å². The number of pyridine rings is 2. The highest BCUT2D eigenvalue weighted by Crippen LogP contribution is 2.39. The van der Waals surface area contributed by atoms with Gasteiger partial charge in [0.1, 0.15) is 12.6 Å². The van der Waals surface area contributed by atoms with E-state index in [-0.39, 0.29) is 53.8 Å². The Balaban J connectivity index is 1.06. The second-order valence-electron chi connectivity index (χ2n) is 13.3. The van der Waals surface area contributed by atoms with Gasteiger partial charge in [0, 0.05) is 40.9 Å². The van der Waals surface area contributed by atoms with Crippen molar-refractivity contribution in [1.29, 1.82) is 0 Å². The first kappa shape index (κ1) is 36.2. The van der Waals surface area contributed by atoms with Gasteiger partial charge in [-0.1, -0.05) is 56.3 Å². The second-order valence-corrected chi connectivity index (χ2v) is 13.7. The number of carboxylic acid groups (broad SMARTS) is 1. The molecule has 2 atom stereocenters. The number of anilines is 2. The quantitative estimate of drug-likeness (QED) is 0.0794. The molecule has 3 aromatic carbocycles. The van der Waals surface area contributed by atoms with Crippen LogP contribution in [0.1, 0.15) is 48.9 Å². The molecule has 0 bridgehead atoms. The standard InChI is InChI=1S/C40H38N6O7S/c1-3-15-41-38(51)42-26-8-5-7-24(17-26)23-13-11-22(12-14-23)16-32(36(48)49)45-39(54)44-31-10-6-9-30-27(31)18-25-20-46-33(34(25)43-30)19-29-28(35(46)47)21-53-37(50)40(29,52)4-2/h5-14,17-19,32,52H,3-4,15-16,20-21H2,1-2H3,(H,48,49)(H2,41,42,51)(H2,44,45,54)/t32?,40-/m0/s1. The molecule has 2 aromatic heterocycles. The van der Waals surface area contributed by atoms with Crippen molar-refractivity contribution in [1.82, 2.24) is 20.2 Å². The van der Waals surface area contributed by atoms with Gasteiger partial charge in [0.15, 0.2) is 10.7 Å². The Morgan fingerprint density at radius 1 is 1.00 bits per heavy atom. The SMILES string of the molecule is CCCNC(=O)Nc1cccc(-c2ccc(CC(NC(=S)Nc3cccc4nc5c(cc34)Cn3c-5cc4c(c3=O)COC(=O)[C@]4(O)CC)C(=O)O)cc2)c1. The van der Waals surface area contributed by atoms with Gasteiger partial charge in [-0.15, -0.1) is 0 Å². The van der Waals surface area contributed by atoms with E-state index >= 15 is 0 Å². The fourth-order valence-electron chi connectivity index (χ4n) is 6.89. The van der Waals surface area contributed by atoms with Crippen LogP contribution in [0, 0.1) is 0 Å². The second kappa shape index (κ2) is 14.7. The number of amides is 2. The maximum atomic E-state index is 13.6. The largest absolute Gasteiger partial charge is 0.480 e. The zero-order valence-corrected chi connectivity index (χ0v) is 30.4. The smallest absolute Gasteiger partial charge is 0.343 e. The molecule has 1 unspecified atom stereocenters. The predicted molar refractivity (Wildman–Crippen MR) is 208 cm³/mol. The summed E-state index contributed by atoms with van der Waals surface area (Å²) < 4.78 is 6.74. The molecule has 0 fully saturated rings. The zero-order chi connectivity index (χ0) is 38.1. The molecule has 0 aliphatic carbocycles. The molecule has 13 nitrogen and oxygen atoms in total. The number of benzene rings is 3. The number of nitrogens with zero attached hydrogens (tertiary/aromatic N) is 2. The molecule has 54 heavy (non-hydrogen) atoms. The number of urea groups is 1. The summed E-state index contributed by atoms with van der Waals surface area (Å²) in [6.45, 7) is 4.24. The lowest BCUT2D eigenvalue weighted by Crippen LogP contribution is -2.44. The summed E-state index contributed by atoms with van der Waals surface area (Å²) in [7, 11) is 0. The minimum Gasteiger partial charge on any atom is -0.480 e. The third kappa shape index (κ3) is 6.88. The van der Waals surface area contributed by atoms with Crippen molar-refractivity contribution in [2.45, 2.75) is 57.9 Å². The van der Waals surface area contributed by atoms with Crippen LogP contribution in [-0.2, 0) is 39.5 Å². The van der Waals surface area contributed by atoms with Crippen LogP contribution in [0.3, 0.4) is 0 Å². The van der Waals surface area contributed by atoms with Gasteiger partial charge >= 0.3 is 18.0 Å². The number of aliphatic carboxylic acids is 1. The van der Waals surface area contributed by atoms with Crippen molar-refractivity contribution in [3.05, 3.63) is 111 Å². The summed E-state index contributed by atoms with van der Waals surface area (Å²) in [6.07, 6.45) is 1.04. The van der Waals surface area contributed by atoms with E-state index in [1.54, 1.807) is 29.7 Å². The number of nitrogens with one attached hydrogen (secondary N) is 4. The topological polar surface area (TPSA) is 184 Å². The molecule has 2 aliphatic rings. The minimum atomic E-state index is -1.92. The summed E-state index contributed by atoms with van der Waals surface area (Å²) in [6, 6.07) is 22.7. The Bertz CT molecular complexity index is 2400. The van der Waals surface area contributed by atoms with Crippen LogP contribution in [-0.4, -0.2) is 55.4 Å². The van der Waals surface area contributed by atoms with Crippen LogP contribution >= 0.6 is 12.2 Å². The predicted octanol–water partition coefficient (Wildman–Crippen LogP) is 5.26. The van der Waals surface area contributed by atoms with Gasteiger partial charge in [-0.3, -0.25) is 4.79 Å². The number of fused-ring (bicyclic) bond motifs is 5. The first-order chi connectivity index (χ1) is 26.0. The Hall–Kier alpha value is -6.12. The molecular weight excluding hydrogens is 709 g/mol. The number of carboxylic acids is 1. The van der Waals surface area contributed by atoms with E-state index in [1.165, 1.54) is 0 Å². The van der Waals surface area contributed by atoms with Crippen LogP contribution in [0.5, 0.6) is 0 Å². The highest BCUT2D eigenvalue weighted by molar-refractivity contribution is 7.80. The number of aliphatic hydroxyl groups is 1. The number of carbonyl (C=O) groups is 3. The molecule has 0 spiro atoms. The molecule has 14 heteroatoms. The van der Waals surface area contributed by atoms with Crippen molar-refractivity contribution in [3.63, 3.8) is 0 Å². The molecule has 7 rings (SSSR count). The average Bonchev–Trinajstić information content (AvgIpc) is 3.53. The number of aromatic nitrogens is 2. The van der Waals surface area contributed by atoms with Crippen LogP contribution in [0.4, 0.5) is 16.2 Å². The third-order valence-corrected chi connectivity index (χ3v) is 10.0. The normalized spacial score (nSPS) is 16.0. The van der Waals surface area contributed by atoms with E-state index in [0.717, 1.165) is 28.7 Å². The Morgan fingerprint density at radius 2 is 1.78 bits per heavy atom. The van der Waals surface area contributed by atoms with Gasteiger partial charge in [0.2, 0.25) is 0 Å². The molecule has 2 amide bonds. The summed E-state index contributed by atoms with van der Waals surface area (Å²) in [4.78, 5) is 55.4. The van der Waals surface area contributed by atoms with Gasteiger partial charge < -0.3 is 40.8 Å². The molecule has 4 heterocycles. The van der Waals surface area contributed by atoms with Gasteiger partial charge in [-0.25, -0.2) is 19.4 Å².